The second-order valence-electron chi connectivity index (χ2n) is 16.1. The van der Waals surface area contributed by atoms with Gasteiger partial charge in [-0.15, -0.1) is 11.3 Å². The van der Waals surface area contributed by atoms with Gasteiger partial charge in [-0.25, -0.2) is 0 Å². The molecule has 0 amide bonds. The summed E-state index contributed by atoms with van der Waals surface area (Å²) in [6.45, 7) is 0. The Morgan fingerprint density at radius 2 is 1.00 bits per heavy atom. The molecule has 64 heavy (non-hydrogen) atoms. The van der Waals surface area contributed by atoms with Crippen molar-refractivity contribution in [3.63, 3.8) is 0 Å². The molecule has 0 N–H and O–H groups in total. The number of benzene rings is 10. The average Bonchev–Trinajstić information content (AvgIpc) is 3.91. The molecule has 12 aromatic rings. The summed E-state index contributed by atoms with van der Waals surface area (Å²) in [6.07, 6.45) is 0. The molecule has 6 heteroatoms. The highest BCUT2D eigenvalue weighted by Crippen LogP contribution is 2.57. The van der Waals surface area contributed by atoms with Crippen LogP contribution < -0.4 is 9.80 Å². The lowest BCUT2D eigenvalue weighted by atomic mass is 10.0. The second kappa shape index (κ2) is 15.2. The summed E-state index contributed by atoms with van der Waals surface area (Å²) in [5.41, 5.74) is 10.2. The molecule has 0 saturated carbocycles. The van der Waals surface area contributed by atoms with Crippen molar-refractivity contribution in [1.82, 2.24) is 4.57 Å². The van der Waals surface area contributed by atoms with Crippen molar-refractivity contribution in [2.75, 3.05) is 9.80 Å². The standard InChI is InChI=1S/C58H37N3S3/c1-4-18-39(19-5-1)59(42-32-34-48-47(35-42)56-44-24-11-10-17-38(44)31-33-49(56)60(48)40-20-6-2-7-21-40)43-36-51(58-55(37-43)62-53-29-14-15-30-54(53)64-58)61(41-22-8-3-9-23-41)50-27-16-26-46-45-25-12-13-28-52(45)63-57(46)50/h1-37H. The summed E-state index contributed by atoms with van der Waals surface area (Å²) in [6, 6.07) is 82.2. The van der Waals surface area contributed by atoms with E-state index in [-0.39, 0.29) is 0 Å². The molecule has 0 radical (unpaired) electrons. The number of hydrogen-bond donors (Lipinski definition) is 0. The van der Waals surface area contributed by atoms with Crippen molar-refractivity contribution in [1.29, 1.82) is 0 Å². The molecule has 0 saturated heterocycles. The van der Waals surface area contributed by atoms with Crippen LogP contribution in [-0.4, -0.2) is 4.57 Å². The van der Waals surface area contributed by atoms with Crippen LogP contribution in [0.1, 0.15) is 0 Å². The Labute approximate surface area is 383 Å². The highest BCUT2D eigenvalue weighted by Gasteiger charge is 2.29. The Morgan fingerprint density at radius 3 is 1.80 bits per heavy atom. The third kappa shape index (κ3) is 6.05. The number of thiophene rings is 1. The van der Waals surface area contributed by atoms with Crippen molar-refractivity contribution >= 4 is 122 Å². The molecule has 13 rings (SSSR count). The Morgan fingerprint density at radius 1 is 0.359 bits per heavy atom. The Balaban J connectivity index is 1.09. The molecule has 2 aromatic heterocycles. The predicted octanol–water partition coefficient (Wildman–Crippen LogP) is 17.9. The van der Waals surface area contributed by atoms with Crippen LogP contribution in [0.2, 0.25) is 0 Å². The fourth-order valence-corrected chi connectivity index (χ4v) is 13.2. The van der Waals surface area contributed by atoms with Gasteiger partial charge in [0.25, 0.3) is 0 Å². The van der Waals surface area contributed by atoms with Crippen LogP contribution >= 0.6 is 34.9 Å². The zero-order chi connectivity index (χ0) is 42.1. The van der Waals surface area contributed by atoms with Gasteiger partial charge in [0.2, 0.25) is 0 Å². The fourth-order valence-electron chi connectivity index (χ4n) is 9.58. The smallest absolute Gasteiger partial charge is 0.0640 e. The monoisotopic (exact) mass is 871 g/mol. The van der Waals surface area contributed by atoms with E-state index >= 15 is 0 Å². The van der Waals surface area contributed by atoms with E-state index < -0.39 is 0 Å². The number of para-hydroxylation sites is 3. The van der Waals surface area contributed by atoms with Crippen LogP contribution in [0.25, 0.3) is 58.4 Å². The first kappa shape index (κ1) is 37.3. The molecule has 302 valence electrons. The van der Waals surface area contributed by atoms with Crippen molar-refractivity contribution in [2.45, 2.75) is 19.6 Å². The molecule has 0 spiro atoms. The zero-order valence-corrected chi connectivity index (χ0v) is 36.9. The van der Waals surface area contributed by atoms with Gasteiger partial charge in [-0.05, 0) is 108 Å². The SMILES string of the molecule is c1ccc(N(c2cc3c(c(N(c4ccccc4)c4cccc5c4sc4ccccc45)c2)Sc2ccccc2S3)c2ccc3c(c2)c2c4ccccc4ccc2n3-c2ccccc2)cc1. The van der Waals surface area contributed by atoms with E-state index in [9.17, 15) is 0 Å². The first-order chi connectivity index (χ1) is 31.7. The van der Waals surface area contributed by atoms with Crippen LogP contribution in [0.15, 0.2) is 244 Å². The average molecular weight is 872 g/mol. The van der Waals surface area contributed by atoms with Crippen LogP contribution in [-0.2, 0) is 0 Å². The summed E-state index contributed by atoms with van der Waals surface area (Å²) in [5, 5.41) is 7.52. The number of nitrogens with zero attached hydrogens (tertiary/aromatic N) is 3. The molecule has 1 aliphatic heterocycles. The Kier molecular flexibility index (Phi) is 8.90. The third-order valence-corrected chi connectivity index (χ3v) is 16.2. The number of hydrogen-bond acceptors (Lipinski definition) is 5. The lowest BCUT2D eigenvalue weighted by molar-refractivity contribution is 1.11. The quantitative estimate of drug-likeness (QED) is 0.158. The van der Waals surface area contributed by atoms with E-state index in [0.29, 0.717) is 0 Å². The van der Waals surface area contributed by atoms with Crippen molar-refractivity contribution in [3.05, 3.63) is 224 Å². The van der Waals surface area contributed by atoms with Gasteiger partial charge >= 0.3 is 0 Å². The molecule has 1 aliphatic rings. The molecule has 3 heterocycles. The van der Waals surface area contributed by atoms with Crippen molar-refractivity contribution in [2.24, 2.45) is 0 Å². The maximum absolute atomic E-state index is 2.51. The third-order valence-electron chi connectivity index (χ3n) is 12.4. The normalized spacial score (nSPS) is 12.2. The first-order valence-corrected chi connectivity index (χ1v) is 23.9. The lowest BCUT2D eigenvalue weighted by Gasteiger charge is -2.33. The van der Waals surface area contributed by atoms with E-state index in [0.717, 1.165) is 34.1 Å². The van der Waals surface area contributed by atoms with Crippen LogP contribution in [0.5, 0.6) is 0 Å². The molecule has 0 aliphatic carbocycles. The minimum absolute atomic E-state index is 1.09. The van der Waals surface area contributed by atoms with Crippen LogP contribution in [0.4, 0.5) is 34.1 Å². The van der Waals surface area contributed by atoms with Gasteiger partial charge < -0.3 is 14.4 Å². The summed E-state index contributed by atoms with van der Waals surface area (Å²) in [5.74, 6) is 0. The van der Waals surface area contributed by atoms with Gasteiger partial charge in [0.15, 0.2) is 0 Å². The molecule has 0 unspecified atom stereocenters. The van der Waals surface area contributed by atoms with Gasteiger partial charge in [0.1, 0.15) is 0 Å². The van der Waals surface area contributed by atoms with E-state index in [1.807, 2.05) is 34.9 Å². The molecule has 3 nitrogen and oxygen atoms in total. The van der Waals surface area contributed by atoms with Crippen molar-refractivity contribution in [3.8, 4) is 5.69 Å². The maximum atomic E-state index is 2.51. The topological polar surface area (TPSA) is 11.4 Å². The van der Waals surface area contributed by atoms with E-state index in [2.05, 4.69) is 239 Å². The number of anilines is 6. The summed E-state index contributed by atoms with van der Waals surface area (Å²) in [4.78, 5) is 9.98. The molecule has 10 aromatic carbocycles. The summed E-state index contributed by atoms with van der Waals surface area (Å²) < 4.78 is 4.98. The van der Waals surface area contributed by atoms with Crippen LogP contribution in [0.3, 0.4) is 0 Å². The minimum Gasteiger partial charge on any atom is -0.310 e. The molecule has 0 atom stereocenters. The number of rotatable bonds is 7. The van der Waals surface area contributed by atoms with E-state index in [1.165, 1.54) is 78.0 Å². The lowest BCUT2D eigenvalue weighted by Crippen LogP contribution is -2.15. The highest BCUT2D eigenvalue weighted by atomic mass is 32.2. The first-order valence-electron chi connectivity index (χ1n) is 21.5. The number of aromatic nitrogens is 1. The molecular weight excluding hydrogens is 835 g/mol. The van der Waals surface area contributed by atoms with Gasteiger partial charge in [-0.3, -0.25) is 0 Å². The minimum atomic E-state index is 1.09. The predicted molar refractivity (Wildman–Crippen MR) is 275 cm³/mol. The summed E-state index contributed by atoms with van der Waals surface area (Å²) in [7, 11) is 0. The van der Waals surface area contributed by atoms with Crippen molar-refractivity contribution < 1.29 is 0 Å². The van der Waals surface area contributed by atoms with Gasteiger partial charge in [0.05, 0.1) is 32.0 Å². The summed E-state index contributed by atoms with van der Waals surface area (Å²) >= 11 is 5.61. The molecular formula is C58H37N3S3. The number of fused-ring (bicyclic) bond motifs is 10. The Hall–Kier alpha value is -7.22. The van der Waals surface area contributed by atoms with E-state index in [1.54, 1.807) is 0 Å². The van der Waals surface area contributed by atoms with Gasteiger partial charge in [-0.2, -0.15) is 0 Å². The van der Waals surface area contributed by atoms with E-state index in [4.69, 9.17) is 0 Å². The zero-order valence-electron chi connectivity index (χ0n) is 34.4. The fraction of sp³-hybridized carbons (Fsp3) is 0. The van der Waals surface area contributed by atoms with Gasteiger partial charge in [0, 0.05) is 69.4 Å². The molecule has 0 fully saturated rings. The molecule has 0 bridgehead atoms. The second-order valence-corrected chi connectivity index (χ2v) is 19.3. The highest BCUT2D eigenvalue weighted by molar-refractivity contribution is 8.05. The Bertz CT molecular complexity index is 3750. The maximum Gasteiger partial charge on any atom is 0.0640 e. The van der Waals surface area contributed by atoms with Crippen LogP contribution in [0, 0.1) is 0 Å². The van der Waals surface area contributed by atoms with Gasteiger partial charge in [-0.1, -0.05) is 151 Å². The largest absolute Gasteiger partial charge is 0.310 e.